The van der Waals surface area contributed by atoms with E-state index in [2.05, 4.69) is 9.88 Å². The Balaban J connectivity index is 0.000000181. The van der Waals surface area contributed by atoms with Gasteiger partial charge in [0.1, 0.15) is 0 Å². The van der Waals surface area contributed by atoms with E-state index in [9.17, 15) is 36.0 Å². The highest BCUT2D eigenvalue weighted by atomic mass is 32.2. The van der Waals surface area contributed by atoms with Gasteiger partial charge in [0, 0.05) is 81.8 Å². The Morgan fingerprint density at radius 3 is 1.58 bits per heavy atom. The van der Waals surface area contributed by atoms with E-state index in [0.717, 1.165) is 32.8 Å². The first-order chi connectivity index (χ1) is 31.8. The first-order valence-electron chi connectivity index (χ1n) is 21.2. The summed E-state index contributed by atoms with van der Waals surface area (Å²) in [7, 11) is -7.23. The molecule has 0 aliphatic carbocycles. The van der Waals surface area contributed by atoms with Crippen molar-refractivity contribution in [3.05, 3.63) is 184 Å². The quantitative estimate of drug-likeness (QED) is 0.0886. The van der Waals surface area contributed by atoms with E-state index < -0.39 is 26.0 Å². The molecule has 2 aliphatic heterocycles. The van der Waals surface area contributed by atoms with Crippen LogP contribution in [0.5, 0.6) is 0 Å². The number of anilines is 1. The van der Waals surface area contributed by atoms with Crippen LogP contribution in [0.25, 0.3) is 21.5 Å². The first-order valence-corrected chi connectivity index (χ1v) is 24.1. The highest BCUT2D eigenvalue weighted by molar-refractivity contribution is 7.89. The van der Waals surface area contributed by atoms with Gasteiger partial charge in [-0.25, -0.2) is 22.3 Å². The molecule has 2 amide bonds. The topological polar surface area (TPSA) is 198 Å². The molecule has 338 valence electrons. The molecule has 0 radical (unpaired) electrons. The Kier molecular flexibility index (Phi) is 13.5. The maximum Gasteiger partial charge on any atom is 0.274 e. The number of fused-ring (bicyclic) bond motifs is 2. The van der Waals surface area contributed by atoms with E-state index in [1.807, 2.05) is 78.9 Å². The zero-order valence-corrected chi connectivity index (χ0v) is 37.2. The molecule has 2 saturated heterocycles. The van der Waals surface area contributed by atoms with Crippen molar-refractivity contribution in [2.75, 3.05) is 57.3 Å². The summed E-state index contributed by atoms with van der Waals surface area (Å²) in [6.45, 7) is 2.88. The van der Waals surface area contributed by atoms with Gasteiger partial charge in [-0.05, 0) is 99.9 Å². The minimum atomic E-state index is -3.66. The van der Waals surface area contributed by atoms with Crippen LogP contribution in [0.1, 0.15) is 36.6 Å². The number of sulfonamides is 2. The predicted octanol–water partition coefficient (Wildman–Crippen LogP) is 5.57. The molecule has 9 rings (SSSR count). The number of hydroxylamine groups is 1. The van der Waals surface area contributed by atoms with Crippen molar-refractivity contribution < 1.29 is 36.4 Å². The lowest BCUT2D eigenvalue weighted by Gasteiger charge is -2.35. The second kappa shape index (κ2) is 19.6. The van der Waals surface area contributed by atoms with Crippen molar-refractivity contribution in [1.29, 1.82) is 0 Å². The van der Waals surface area contributed by atoms with E-state index in [4.69, 9.17) is 5.21 Å². The number of aromatic amines is 1. The van der Waals surface area contributed by atoms with Gasteiger partial charge in [0.05, 0.1) is 15.4 Å². The number of pyridine rings is 1. The van der Waals surface area contributed by atoms with Gasteiger partial charge in [-0.2, -0.15) is 8.61 Å². The van der Waals surface area contributed by atoms with Gasteiger partial charge in [-0.3, -0.25) is 24.4 Å². The molecule has 2 fully saturated rings. The molecule has 0 saturated carbocycles. The van der Waals surface area contributed by atoms with E-state index in [1.165, 1.54) is 50.6 Å². The number of hydrogen-bond donors (Lipinski definition) is 3. The van der Waals surface area contributed by atoms with Crippen molar-refractivity contribution >= 4 is 64.9 Å². The van der Waals surface area contributed by atoms with Gasteiger partial charge in [0.25, 0.3) is 17.4 Å². The Hall–Kier alpha value is -7.02. The Morgan fingerprint density at radius 1 is 0.561 bits per heavy atom. The highest BCUT2D eigenvalue weighted by Gasteiger charge is 2.31. The second-order valence-electron chi connectivity index (χ2n) is 15.8. The van der Waals surface area contributed by atoms with Gasteiger partial charge in [0.15, 0.2) is 5.78 Å². The molecule has 0 unspecified atom stereocenters. The largest absolute Gasteiger partial charge is 0.369 e. The molecule has 7 aromatic rings. The Bertz CT molecular complexity index is 3200. The van der Waals surface area contributed by atoms with Crippen LogP contribution >= 0.6 is 0 Å². The molecule has 17 heteroatoms. The van der Waals surface area contributed by atoms with Gasteiger partial charge in [-0.15, -0.1) is 0 Å². The van der Waals surface area contributed by atoms with Crippen molar-refractivity contribution in [3.63, 3.8) is 0 Å². The van der Waals surface area contributed by atoms with Crippen molar-refractivity contribution in [1.82, 2.24) is 24.0 Å². The smallest absolute Gasteiger partial charge is 0.274 e. The third-order valence-electron chi connectivity index (χ3n) is 11.8. The molecule has 3 heterocycles. The maximum atomic E-state index is 13.2. The number of benzene rings is 6. The average Bonchev–Trinajstić information content (AvgIpc) is 3.36. The summed E-state index contributed by atoms with van der Waals surface area (Å²) in [5.74, 6) is -1.13. The van der Waals surface area contributed by atoms with Crippen LogP contribution in [0.15, 0.2) is 166 Å². The van der Waals surface area contributed by atoms with Crippen LogP contribution in [0, 0.1) is 0 Å². The van der Waals surface area contributed by atoms with Crippen molar-refractivity contribution in [2.24, 2.45) is 0 Å². The number of nitrogens with one attached hydrogen (secondary N) is 2. The number of H-pyrrole nitrogens is 1. The molecule has 0 atom stereocenters. The van der Waals surface area contributed by atoms with Crippen LogP contribution in [0.2, 0.25) is 0 Å². The lowest BCUT2D eigenvalue weighted by atomic mass is 10.0. The van der Waals surface area contributed by atoms with E-state index >= 15 is 0 Å². The minimum Gasteiger partial charge on any atom is -0.369 e. The first kappa shape index (κ1) is 45.5. The fraction of sp³-hybridized carbons (Fsp3) is 0.184. The number of hydrogen-bond acceptors (Lipinski definition) is 10. The van der Waals surface area contributed by atoms with Gasteiger partial charge < -0.3 is 14.8 Å². The number of amides is 2. The fourth-order valence-corrected chi connectivity index (χ4v) is 10.9. The molecule has 3 N–H and O–H groups in total. The van der Waals surface area contributed by atoms with Crippen molar-refractivity contribution in [3.8, 4) is 0 Å². The number of aromatic nitrogens is 1. The standard InChI is InChI=1S/C27H25N3O4S.C22H21N3O5S/c31-26(25-6-3-13-28-27(25)32)18-20-7-10-23(11-8-20)29-14-16-30(17-15-29)35(33,34)24-12-9-21-4-1-2-5-22(21)19-24;26-21(23-28)17-5-7-18(8-6-17)22(27)24-11-13-25(14-12-24)31(29,30)20-10-9-16-3-1-2-4-19(16)15-20/h1-13,19H,14-18H2,(H,28,32);1-10,15,28H,11-14H2,(H,23,26). The van der Waals surface area contributed by atoms with Crippen molar-refractivity contribution in [2.45, 2.75) is 16.2 Å². The number of Topliss-reactive ketones (excluding diaryl/α,β-unsaturated/α-hetero) is 1. The Labute approximate surface area is 381 Å². The Morgan fingerprint density at radius 2 is 1.06 bits per heavy atom. The highest BCUT2D eigenvalue weighted by Crippen LogP contribution is 2.26. The summed E-state index contributed by atoms with van der Waals surface area (Å²) in [6.07, 6.45) is 1.64. The normalized spacial score (nSPS) is 14.9. The minimum absolute atomic E-state index is 0.144. The third-order valence-corrected chi connectivity index (χ3v) is 15.6. The van der Waals surface area contributed by atoms with E-state index in [0.29, 0.717) is 36.6 Å². The SMILES string of the molecule is O=C(Cc1ccc(N2CCN(S(=O)(=O)c3ccc4ccccc4c3)CC2)cc1)c1ccc[nH]c1=O.O=C(NO)c1ccc(C(=O)N2CCN(S(=O)(=O)c3ccc4ccccc4c3)CC2)cc1. The molecular weight excluding hydrogens is 881 g/mol. The maximum absolute atomic E-state index is 13.2. The summed E-state index contributed by atoms with van der Waals surface area (Å²) in [5.41, 5.74) is 3.72. The molecule has 2 aliphatic rings. The summed E-state index contributed by atoms with van der Waals surface area (Å²) in [4.78, 5) is 55.2. The third kappa shape index (κ3) is 9.95. The molecule has 66 heavy (non-hydrogen) atoms. The predicted molar refractivity (Wildman–Crippen MR) is 251 cm³/mol. The number of ketones is 1. The summed E-state index contributed by atoms with van der Waals surface area (Å²) >= 11 is 0. The lowest BCUT2D eigenvalue weighted by molar-refractivity contribution is 0.0691. The fourth-order valence-electron chi connectivity index (χ4n) is 8.03. The van der Waals surface area contributed by atoms with Crippen LogP contribution in [-0.4, -0.2) is 110 Å². The molecule has 0 spiro atoms. The van der Waals surface area contributed by atoms with Crippen LogP contribution in [-0.2, 0) is 26.5 Å². The van der Waals surface area contributed by atoms with Gasteiger partial charge in [-0.1, -0.05) is 72.8 Å². The average molecular weight is 927 g/mol. The van der Waals surface area contributed by atoms with Crippen LogP contribution in [0.3, 0.4) is 0 Å². The van der Waals surface area contributed by atoms with E-state index in [1.54, 1.807) is 41.3 Å². The molecule has 15 nitrogen and oxygen atoms in total. The number of carbonyl (C=O) groups is 3. The number of piperazine rings is 2. The zero-order chi connectivity index (χ0) is 46.4. The number of rotatable bonds is 10. The van der Waals surface area contributed by atoms with Gasteiger partial charge in [0.2, 0.25) is 20.0 Å². The lowest BCUT2D eigenvalue weighted by Crippen LogP contribution is -2.50. The number of carbonyl (C=O) groups excluding carboxylic acids is 3. The molecule has 0 bridgehead atoms. The molecular formula is C49H46N6O9S2. The summed E-state index contributed by atoms with van der Waals surface area (Å²) in [5, 5.41) is 12.4. The molecule has 6 aromatic carbocycles. The van der Waals surface area contributed by atoms with E-state index in [-0.39, 0.29) is 65.9 Å². The summed E-state index contributed by atoms with van der Waals surface area (Å²) < 4.78 is 55.5. The summed E-state index contributed by atoms with van der Waals surface area (Å²) in [6, 6.07) is 42.3. The van der Waals surface area contributed by atoms with Crippen LogP contribution in [0.4, 0.5) is 5.69 Å². The van der Waals surface area contributed by atoms with Gasteiger partial charge >= 0.3 is 0 Å². The van der Waals surface area contributed by atoms with Crippen LogP contribution < -0.4 is 15.9 Å². The zero-order valence-electron chi connectivity index (χ0n) is 35.6. The second-order valence-corrected chi connectivity index (χ2v) is 19.7. The monoisotopic (exact) mass is 926 g/mol. The number of nitrogens with zero attached hydrogens (tertiary/aromatic N) is 4. The molecule has 1 aromatic heterocycles.